The van der Waals surface area contributed by atoms with E-state index in [4.69, 9.17) is 9.68 Å². The Hall–Kier alpha value is -3.65. The summed E-state index contributed by atoms with van der Waals surface area (Å²) in [6, 6.07) is 18.5. The van der Waals surface area contributed by atoms with Crippen molar-refractivity contribution < 1.29 is 13.6 Å². The number of hydrogen-bond acceptors (Lipinski definition) is 3. The lowest BCUT2D eigenvalue weighted by molar-refractivity contribution is 0.102. The standard InChI is InChI=1S/C20H11FN2O2/c21-17-9-12(11-22)5-7-16(17)20(24)23-13-6-8-15-14-3-1-2-4-18(14)25-19(15)10-13/h1-10H,(H,23,24). The van der Waals surface area contributed by atoms with Crippen molar-refractivity contribution in [3.63, 3.8) is 0 Å². The minimum absolute atomic E-state index is 0.122. The lowest BCUT2D eigenvalue weighted by Crippen LogP contribution is -2.13. The average molecular weight is 330 g/mol. The Morgan fingerprint density at radius 1 is 1.00 bits per heavy atom. The Bertz CT molecular complexity index is 1170. The number of carbonyl (C=O) groups is 1. The molecule has 0 unspecified atom stereocenters. The highest BCUT2D eigenvalue weighted by Crippen LogP contribution is 2.30. The Morgan fingerprint density at radius 2 is 1.80 bits per heavy atom. The van der Waals surface area contributed by atoms with E-state index in [9.17, 15) is 9.18 Å². The molecule has 5 heteroatoms. The maximum atomic E-state index is 14.0. The molecule has 0 aliphatic carbocycles. The summed E-state index contributed by atoms with van der Waals surface area (Å²) in [4.78, 5) is 12.3. The number of nitrogens with one attached hydrogen (secondary N) is 1. The van der Waals surface area contributed by atoms with Gasteiger partial charge in [-0.3, -0.25) is 4.79 Å². The first kappa shape index (κ1) is 14.9. The van der Waals surface area contributed by atoms with Crippen molar-refractivity contribution in [2.75, 3.05) is 5.32 Å². The van der Waals surface area contributed by atoms with E-state index in [1.807, 2.05) is 36.4 Å². The van der Waals surface area contributed by atoms with Gasteiger partial charge in [-0.1, -0.05) is 18.2 Å². The second kappa shape index (κ2) is 5.77. The van der Waals surface area contributed by atoms with E-state index in [1.54, 1.807) is 12.1 Å². The average Bonchev–Trinajstić information content (AvgIpc) is 2.99. The van der Waals surface area contributed by atoms with Crippen molar-refractivity contribution in [2.45, 2.75) is 0 Å². The molecule has 0 radical (unpaired) electrons. The predicted molar refractivity (Wildman–Crippen MR) is 92.8 cm³/mol. The summed E-state index contributed by atoms with van der Waals surface area (Å²) in [6.07, 6.45) is 0. The van der Waals surface area contributed by atoms with E-state index in [0.717, 1.165) is 22.4 Å². The number of fused-ring (bicyclic) bond motifs is 3. The third-order valence-corrected chi connectivity index (χ3v) is 3.98. The topological polar surface area (TPSA) is 66.0 Å². The fourth-order valence-electron chi connectivity index (χ4n) is 2.77. The Kier molecular flexibility index (Phi) is 3.44. The number of nitrogens with zero attached hydrogens (tertiary/aromatic N) is 1. The summed E-state index contributed by atoms with van der Waals surface area (Å²) in [7, 11) is 0. The van der Waals surface area contributed by atoms with Gasteiger partial charge in [-0.25, -0.2) is 4.39 Å². The van der Waals surface area contributed by atoms with Gasteiger partial charge in [-0.05, 0) is 36.4 Å². The molecule has 0 spiro atoms. The van der Waals surface area contributed by atoms with Crippen molar-refractivity contribution in [3.8, 4) is 6.07 Å². The molecule has 1 amide bonds. The van der Waals surface area contributed by atoms with Crippen LogP contribution in [0.5, 0.6) is 0 Å². The number of furan rings is 1. The predicted octanol–water partition coefficient (Wildman–Crippen LogP) is 4.85. The third kappa shape index (κ3) is 2.60. The van der Waals surface area contributed by atoms with Crippen LogP contribution >= 0.6 is 0 Å². The molecular formula is C20H11FN2O2. The Balaban J connectivity index is 1.67. The van der Waals surface area contributed by atoms with Gasteiger partial charge in [-0.2, -0.15) is 5.26 Å². The molecule has 4 rings (SSSR count). The molecule has 4 aromatic rings. The molecule has 25 heavy (non-hydrogen) atoms. The summed E-state index contributed by atoms with van der Waals surface area (Å²) < 4.78 is 19.7. The molecule has 120 valence electrons. The minimum Gasteiger partial charge on any atom is -0.456 e. The summed E-state index contributed by atoms with van der Waals surface area (Å²) in [5.74, 6) is -1.32. The van der Waals surface area contributed by atoms with Crippen LogP contribution in [0.3, 0.4) is 0 Å². The zero-order chi connectivity index (χ0) is 17.4. The van der Waals surface area contributed by atoms with E-state index in [2.05, 4.69) is 5.32 Å². The second-order valence-corrected chi connectivity index (χ2v) is 5.57. The van der Waals surface area contributed by atoms with Crippen LogP contribution in [0.15, 0.2) is 65.1 Å². The first-order valence-corrected chi connectivity index (χ1v) is 7.58. The van der Waals surface area contributed by atoms with Crippen LogP contribution in [-0.2, 0) is 0 Å². The van der Waals surface area contributed by atoms with Gasteiger partial charge in [0.2, 0.25) is 0 Å². The van der Waals surface area contributed by atoms with E-state index < -0.39 is 11.7 Å². The molecule has 0 aliphatic rings. The zero-order valence-electron chi connectivity index (χ0n) is 12.9. The largest absolute Gasteiger partial charge is 0.456 e. The van der Waals surface area contributed by atoms with Gasteiger partial charge in [0.25, 0.3) is 5.91 Å². The number of anilines is 1. The van der Waals surface area contributed by atoms with Crippen LogP contribution in [0.2, 0.25) is 0 Å². The molecule has 1 heterocycles. The van der Waals surface area contributed by atoms with Crippen LogP contribution < -0.4 is 5.32 Å². The van der Waals surface area contributed by atoms with Gasteiger partial charge in [0.05, 0.1) is 17.2 Å². The number of para-hydroxylation sites is 1. The Labute approximate surface area is 142 Å². The molecule has 0 saturated heterocycles. The minimum atomic E-state index is -0.735. The van der Waals surface area contributed by atoms with Crippen LogP contribution in [-0.4, -0.2) is 5.91 Å². The van der Waals surface area contributed by atoms with Crippen LogP contribution in [0, 0.1) is 17.1 Å². The zero-order valence-corrected chi connectivity index (χ0v) is 12.9. The molecule has 1 N–H and O–H groups in total. The first-order chi connectivity index (χ1) is 12.2. The number of rotatable bonds is 2. The highest BCUT2D eigenvalue weighted by Gasteiger charge is 2.14. The SMILES string of the molecule is N#Cc1ccc(C(=O)Nc2ccc3c(c2)oc2ccccc23)c(F)c1. The summed E-state index contributed by atoms with van der Waals surface area (Å²) in [5, 5.41) is 13.3. The molecule has 0 bridgehead atoms. The van der Waals surface area contributed by atoms with Crippen molar-refractivity contribution in [1.82, 2.24) is 0 Å². The number of halogens is 1. The highest BCUT2D eigenvalue weighted by atomic mass is 19.1. The molecular weight excluding hydrogens is 319 g/mol. The van der Waals surface area contributed by atoms with Gasteiger partial charge in [0.1, 0.15) is 17.0 Å². The number of hydrogen-bond donors (Lipinski definition) is 1. The third-order valence-electron chi connectivity index (χ3n) is 3.98. The maximum absolute atomic E-state index is 14.0. The Morgan fingerprint density at radius 3 is 2.60 bits per heavy atom. The smallest absolute Gasteiger partial charge is 0.258 e. The molecule has 0 saturated carbocycles. The number of benzene rings is 3. The number of amides is 1. The van der Waals surface area contributed by atoms with Crippen LogP contribution in [0.25, 0.3) is 21.9 Å². The van der Waals surface area contributed by atoms with Crippen LogP contribution in [0.1, 0.15) is 15.9 Å². The molecule has 1 aromatic heterocycles. The summed E-state index contributed by atoms with van der Waals surface area (Å²) >= 11 is 0. The molecule has 0 fully saturated rings. The van der Waals surface area contributed by atoms with Gasteiger partial charge >= 0.3 is 0 Å². The lowest BCUT2D eigenvalue weighted by atomic mass is 10.1. The molecule has 0 atom stereocenters. The molecule has 4 nitrogen and oxygen atoms in total. The first-order valence-electron chi connectivity index (χ1n) is 7.58. The number of carbonyl (C=O) groups excluding carboxylic acids is 1. The van der Waals surface area contributed by atoms with Crippen LogP contribution in [0.4, 0.5) is 10.1 Å². The fraction of sp³-hybridized carbons (Fsp3) is 0. The highest BCUT2D eigenvalue weighted by molar-refractivity contribution is 6.08. The number of nitriles is 1. The van der Waals surface area contributed by atoms with Crippen molar-refractivity contribution in [2.24, 2.45) is 0 Å². The molecule has 3 aromatic carbocycles. The fourth-order valence-corrected chi connectivity index (χ4v) is 2.77. The van der Waals surface area contributed by atoms with E-state index >= 15 is 0 Å². The van der Waals surface area contributed by atoms with E-state index in [-0.39, 0.29) is 11.1 Å². The summed E-state index contributed by atoms with van der Waals surface area (Å²) in [6.45, 7) is 0. The normalized spacial score (nSPS) is 10.7. The van der Waals surface area contributed by atoms with Gasteiger partial charge in [0, 0.05) is 22.5 Å². The van der Waals surface area contributed by atoms with Gasteiger partial charge < -0.3 is 9.73 Å². The van der Waals surface area contributed by atoms with Crippen molar-refractivity contribution in [1.29, 1.82) is 5.26 Å². The van der Waals surface area contributed by atoms with Gasteiger partial charge in [-0.15, -0.1) is 0 Å². The van der Waals surface area contributed by atoms with E-state index in [1.165, 1.54) is 12.1 Å². The lowest BCUT2D eigenvalue weighted by Gasteiger charge is -2.06. The van der Waals surface area contributed by atoms with Gasteiger partial charge in [0.15, 0.2) is 0 Å². The quantitative estimate of drug-likeness (QED) is 0.571. The molecule has 0 aliphatic heterocycles. The van der Waals surface area contributed by atoms with Crippen molar-refractivity contribution >= 4 is 33.5 Å². The summed E-state index contributed by atoms with van der Waals surface area (Å²) in [5.41, 5.74) is 1.94. The second-order valence-electron chi connectivity index (χ2n) is 5.57. The van der Waals surface area contributed by atoms with E-state index in [0.29, 0.717) is 11.3 Å². The van der Waals surface area contributed by atoms with Crippen molar-refractivity contribution in [3.05, 3.63) is 77.6 Å². The maximum Gasteiger partial charge on any atom is 0.258 e. The monoisotopic (exact) mass is 330 g/mol.